The second-order valence-electron chi connectivity index (χ2n) is 5.58. The summed E-state index contributed by atoms with van der Waals surface area (Å²) in [4.78, 5) is 22.7. The zero-order valence-corrected chi connectivity index (χ0v) is 13.3. The van der Waals surface area contributed by atoms with Gasteiger partial charge in [0.25, 0.3) is 0 Å². The van der Waals surface area contributed by atoms with Gasteiger partial charge >= 0.3 is 5.97 Å². The van der Waals surface area contributed by atoms with Crippen molar-refractivity contribution in [1.29, 1.82) is 0 Å². The minimum absolute atomic E-state index is 0.362. The lowest BCUT2D eigenvalue weighted by Crippen LogP contribution is -2.30. The van der Waals surface area contributed by atoms with Crippen LogP contribution in [0.1, 0.15) is 39.4 Å². The Morgan fingerprint density at radius 3 is 2.77 bits per heavy atom. The summed E-state index contributed by atoms with van der Waals surface area (Å²) in [6, 6.07) is 0. The van der Waals surface area contributed by atoms with Crippen LogP contribution in [-0.2, 0) is 31.3 Å². The fourth-order valence-corrected chi connectivity index (χ4v) is 2.91. The second-order valence-corrected chi connectivity index (χ2v) is 5.58. The first-order valence-electron chi connectivity index (χ1n) is 7.27. The predicted molar refractivity (Wildman–Crippen MR) is 78.3 cm³/mol. The molecule has 2 aromatic heterocycles. The Balaban J connectivity index is 1.79. The zero-order chi connectivity index (χ0) is 15.9. The first-order chi connectivity index (χ1) is 10.5. The van der Waals surface area contributed by atoms with E-state index in [9.17, 15) is 4.79 Å². The van der Waals surface area contributed by atoms with Gasteiger partial charge in [-0.3, -0.25) is 4.90 Å². The molecule has 0 atom stereocenters. The number of carbonyl (C=O) groups excluding carboxylic acids is 1. The Morgan fingerprint density at radius 1 is 1.36 bits per heavy atom. The highest BCUT2D eigenvalue weighted by Gasteiger charge is 2.26. The number of imidazole rings is 1. The molecule has 1 aliphatic rings. The average Bonchev–Trinajstić information content (AvgIpc) is 2.98. The van der Waals surface area contributed by atoms with Gasteiger partial charge in [0.05, 0.1) is 25.0 Å². The standard InChI is InChI=1S/C15H20N4O3/c1-9-13(22-10(2)16-9)8-19-6-5-12-11(7-19)17-14(18(12)3)15(20)21-4/h5-8H2,1-4H3. The van der Waals surface area contributed by atoms with Gasteiger partial charge in [-0.05, 0) is 6.92 Å². The van der Waals surface area contributed by atoms with Crippen LogP contribution in [0.4, 0.5) is 0 Å². The lowest BCUT2D eigenvalue weighted by molar-refractivity contribution is 0.0582. The highest BCUT2D eigenvalue weighted by Crippen LogP contribution is 2.22. The summed E-state index contributed by atoms with van der Waals surface area (Å²) < 4.78 is 12.2. The van der Waals surface area contributed by atoms with Gasteiger partial charge in [-0.25, -0.2) is 14.8 Å². The fraction of sp³-hybridized carbons (Fsp3) is 0.533. The van der Waals surface area contributed by atoms with Crippen molar-refractivity contribution in [2.45, 2.75) is 33.4 Å². The highest BCUT2D eigenvalue weighted by atomic mass is 16.5. The molecule has 3 heterocycles. The van der Waals surface area contributed by atoms with Crippen LogP contribution in [0.2, 0.25) is 0 Å². The summed E-state index contributed by atoms with van der Waals surface area (Å²) in [6.45, 7) is 6.10. The Bertz CT molecular complexity index is 717. The van der Waals surface area contributed by atoms with Gasteiger partial charge in [-0.15, -0.1) is 0 Å². The van der Waals surface area contributed by atoms with Crippen molar-refractivity contribution in [2.75, 3.05) is 13.7 Å². The maximum Gasteiger partial charge on any atom is 0.374 e. The molecule has 0 bridgehead atoms. The molecule has 0 N–H and O–H groups in total. The summed E-state index contributed by atoms with van der Waals surface area (Å²) in [5.41, 5.74) is 2.96. The van der Waals surface area contributed by atoms with Crippen LogP contribution in [-0.4, -0.2) is 39.1 Å². The summed E-state index contributed by atoms with van der Waals surface area (Å²) >= 11 is 0. The number of oxazole rings is 1. The van der Waals surface area contributed by atoms with E-state index in [-0.39, 0.29) is 0 Å². The van der Waals surface area contributed by atoms with E-state index >= 15 is 0 Å². The molecule has 0 amide bonds. The molecule has 0 aliphatic carbocycles. The number of ether oxygens (including phenoxy) is 1. The number of aromatic nitrogens is 3. The van der Waals surface area contributed by atoms with Crippen LogP contribution in [0.25, 0.3) is 0 Å². The fourth-order valence-electron chi connectivity index (χ4n) is 2.91. The van der Waals surface area contributed by atoms with E-state index in [1.54, 1.807) is 0 Å². The van der Waals surface area contributed by atoms with E-state index in [4.69, 9.17) is 9.15 Å². The number of hydrogen-bond donors (Lipinski definition) is 0. The van der Waals surface area contributed by atoms with E-state index in [1.165, 1.54) is 7.11 Å². The lowest BCUT2D eigenvalue weighted by atomic mass is 10.1. The number of aryl methyl sites for hydroxylation is 2. The maximum atomic E-state index is 11.7. The topological polar surface area (TPSA) is 73.4 Å². The van der Waals surface area contributed by atoms with Gasteiger partial charge in [0.2, 0.25) is 5.82 Å². The quantitative estimate of drug-likeness (QED) is 0.797. The number of carbonyl (C=O) groups is 1. The minimum Gasteiger partial charge on any atom is -0.463 e. The van der Waals surface area contributed by atoms with Gasteiger partial charge in [0.15, 0.2) is 5.89 Å². The van der Waals surface area contributed by atoms with E-state index < -0.39 is 5.97 Å². The molecule has 1 aliphatic heterocycles. The molecule has 118 valence electrons. The van der Waals surface area contributed by atoms with Gasteiger partial charge < -0.3 is 13.7 Å². The summed E-state index contributed by atoms with van der Waals surface area (Å²) in [6.07, 6.45) is 0.849. The Labute approximate surface area is 128 Å². The third-order valence-corrected chi connectivity index (χ3v) is 4.07. The molecule has 0 fully saturated rings. The molecule has 7 heteroatoms. The van der Waals surface area contributed by atoms with Crippen LogP contribution >= 0.6 is 0 Å². The van der Waals surface area contributed by atoms with E-state index in [2.05, 4.69) is 14.9 Å². The van der Waals surface area contributed by atoms with Crippen molar-refractivity contribution >= 4 is 5.97 Å². The van der Waals surface area contributed by atoms with Crippen molar-refractivity contribution in [1.82, 2.24) is 19.4 Å². The highest BCUT2D eigenvalue weighted by molar-refractivity contribution is 5.85. The number of methoxy groups -OCH3 is 1. The van der Waals surface area contributed by atoms with E-state index in [0.717, 1.165) is 35.8 Å². The Kier molecular flexibility index (Phi) is 3.74. The molecule has 3 rings (SSSR count). The maximum absolute atomic E-state index is 11.7. The smallest absolute Gasteiger partial charge is 0.374 e. The first kappa shape index (κ1) is 14.8. The number of nitrogens with zero attached hydrogens (tertiary/aromatic N) is 4. The molecule has 0 saturated heterocycles. The third kappa shape index (κ3) is 2.52. The monoisotopic (exact) mass is 304 g/mol. The van der Waals surface area contributed by atoms with Crippen LogP contribution in [0.3, 0.4) is 0 Å². The molecule has 0 aromatic carbocycles. The summed E-state index contributed by atoms with van der Waals surface area (Å²) in [5.74, 6) is 1.55. The molecule has 0 unspecified atom stereocenters. The van der Waals surface area contributed by atoms with Crippen molar-refractivity contribution in [3.63, 3.8) is 0 Å². The van der Waals surface area contributed by atoms with Crippen molar-refractivity contribution in [3.05, 3.63) is 34.6 Å². The van der Waals surface area contributed by atoms with Gasteiger partial charge in [-0.2, -0.15) is 0 Å². The normalized spacial score (nSPS) is 14.9. The van der Waals surface area contributed by atoms with Gasteiger partial charge in [-0.1, -0.05) is 0 Å². The van der Waals surface area contributed by atoms with Crippen LogP contribution in [0.15, 0.2) is 4.42 Å². The molecule has 2 aromatic rings. The summed E-state index contributed by atoms with van der Waals surface area (Å²) in [5, 5.41) is 0. The number of rotatable bonds is 3. The molecule has 22 heavy (non-hydrogen) atoms. The Morgan fingerprint density at radius 2 is 2.14 bits per heavy atom. The van der Waals surface area contributed by atoms with Crippen LogP contribution in [0.5, 0.6) is 0 Å². The van der Waals surface area contributed by atoms with E-state index in [1.807, 2.05) is 25.5 Å². The largest absolute Gasteiger partial charge is 0.463 e. The molecule has 7 nitrogen and oxygen atoms in total. The minimum atomic E-state index is -0.398. The molecular formula is C15H20N4O3. The lowest BCUT2D eigenvalue weighted by Gasteiger charge is -2.25. The summed E-state index contributed by atoms with van der Waals surface area (Å²) in [7, 11) is 3.23. The van der Waals surface area contributed by atoms with Crippen molar-refractivity contribution < 1.29 is 13.9 Å². The molecule has 0 spiro atoms. The third-order valence-electron chi connectivity index (χ3n) is 4.07. The number of fused-ring (bicyclic) bond motifs is 1. The zero-order valence-electron chi connectivity index (χ0n) is 13.3. The second kappa shape index (κ2) is 5.57. The van der Waals surface area contributed by atoms with Crippen molar-refractivity contribution in [2.24, 2.45) is 7.05 Å². The SMILES string of the molecule is COC(=O)c1nc2c(n1C)CCN(Cc1oc(C)nc1C)C2. The van der Waals surface area contributed by atoms with Gasteiger partial charge in [0, 0.05) is 39.2 Å². The molecular weight excluding hydrogens is 284 g/mol. The number of hydrogen-bond acceptors (Lipinski definition) is 6. The van der Waals surface area contributed by atoms with Gasteiger partial charge in [0.1, 0.15) is 5.76 Å². The first-order valence-corrected chi connectivity index (χ1v) is 7.27. The average molecular weight is 304 g/mol. The van der Waals surface area contributed by atoms with E-state index in [0.29, 0.717) is 24.8 Å². The number of esters is 1. The van der Waals surface area contributed by atoms with Crippen molar-refractivity contribution in [3.8, 4) is 0 Å². The molecule has 0 saturated carbocycles. The Hall–Kier alpha value is -2.15. The molecule has 0 radical (unpaired) electrons. The predicted octanol–water partition coefficient (Wildman–Crippen LogP) is 1.37. The van der Waals surface area contributed by atoms with Crippen LogP contribution < -0.4 is 0 Å². The van der Waals surface area contributed by atoms with Crippen LogP contribution in [0, 0.1) is 13.8 Å².